The van der Waals surface area contributed by atoms with Crippen LogP contribution in [-0.4, -0.2) is 43.2 Å². The normalized spacial score (nSPS) is 12.9. The number of nitrogens with one attached hydrogen (secondary N) is 2. The summed E-state index contributed by atoms with van der Waals surface area (Å²) in [6.07, 6.45) is 1.66. The summed E-state index contributed by atoms with van der Waals surface area (Å²) >= 11 is 0. The molecule has 7 heteroatoms. The van der Waals surface area contributed by atoms with Crippen molar-refractivity contribution in [1.29, 1.82) is 0 Å². The fraction of sp³-hybridized carbons (Fsp3) is 0.111. The molecule has 0 saturated heterocycles. The zero-order valence-electron chi connectivity index (χ0n) is 18.9. The molecule has 0 spiro atoms. The molecule has 5 rings (SSSR count). The van der Waals surface area contributed by atoms with Crippen LogP contribution in [0.5, 0.6) is 0 Å². The van der Waals surface area contributed by atoms with Gasteiger partial charge >= 0.3 is 0 Å². The van der Waals surface area contributed by atoms with Crippen LogP contribution in [0.4, 0.5) is 17.2 Å². The average Bonchev–Trinajstić information content (AvgIpc) is 3.03. The molecule has 1 aliphatic heterocycles. The quantitative estimate of drug-likeness (QED) is 0.485. The number of hydrogen-bond acceptors (Lipinski definition) is 5. The molecule has 7 nitrogen and oxygen atoms in total. The molecule has 2 N–H and O–H groups in total. The Labute approximate surface area is 197 Å². The minimum atomic E-state index is -0.233. The van der Waals surface area contributed by atoms with Gasteiger partial charge in [-0.25, -0.2) is 4.98 Å². The SMILES string of the molecule is CN(C)c1ncccc1C(=O)Nc1ccc(C2=NCC(=O)Nc3c2ccc2ccccc32)cc1. The zero-order valence-corrected chi connectivity index (χ0v) is 18.9. The molecule has 34 heavy (non-hydrogen) atoms. The molecular formula is C27H23N5O2. The lowest BCUT2D eigenvalue weighted by molar-refractivity contribution is -0.114. The van der Waals surface area contributed by atoms with Gasteiger partial charge < -0.3 is 15.5 Å². The Kier molecular flexibility index (Phi) is 5.51. The van der Waals surface area contributed by atoms with Crippen LogP contribution in [-0.2, 0) is 4.79 Å². The highest BCUT2D eigenvalue weighted by Gasteiger charge is 2.20. The molecule has 4 aromatic rings. The van der Waals surface area contributed by atoms with E-state index in [1.54, 1.807) is 23.2 Å². The maximum absolute atomic E-state index is 12.8. The van der Waals surface area contributed by atoms with Gasteiger partial charge in [-0.2, -0.15) is 0 Å². The molecule has 3 aromatic carbocycles. The molecule has 2 heterocycles. The maximum Gasteiger partial charge on any atom is 0.259 e. The highest BCUT2D eigenvalue weighted by molar-refractivity contribution is 6.23. The largest absolute Gasteiger partial charge is 0.362 e. The van der Waals surface area contributed by atoms with Crippen LogP contribution in [0.1, 0.15) is 21.5 Å². The van der Waals surface area contributed by atoms with E-state index in [1.165, 1.54) is 0 Å². The van der Waals surface area contributed by atoms with E-state index in [9.17, 15) is 9.59 Å². The van der Waals surface area contributed by atoms with E-state index in [0.717, 1.165) is 33.3 Å². The van der Waals surface area contributed by atoms with E-state index in [1.807, 2.05) is 74.8 Å². The predicted molar refractivity (Wildman–Crippen MR) is 136 cm³/mol. The first-order valence-electron chi connectivity index (χ1n) is 10.9. The number of benzene rings is 3. The molecule has 0 radical (unpaired) electrons. The number of rotatable bonds is 4. The van der Waals surface area contributed by atoms with Crippen molar-refractivity contribution in [3.05, 3.63) is 95.7 Å². The molecule has 0 saturated carbocycles. The van der Waals surface area contributed by atoms with E-state index in [-0.39, 0.29) is 18.4 Å². The number of amides is 2. The van der Waals surface area contributed by atoms with Gasteiger partial charge in [0.15, 0.2) is 0 Å². The zero-order chi connectivity index (χ0) is 23.7. The second-order valence-electron chi connectivity index (χ2n) is 8.22. The van der Waals surface area contributed by atoms with Crippen LogP contribution >= 0.6 is 0 Å². The topological polar surface area (TPSA) is 86.7 Å². The molecule has 0 bridgehead atoms. The van der Waals surface area contributed by atoms with Gasteiger partial charge in [0.25, 0.3) is 5.91 Å². The Bertz CT molecular complexity index is 1440. The molecule has 0 unspecified atom stereocenters. The van der Waals surface area contributed by atoms with Gasteiger partial charge in [-0.05, 0) is 29.7 Å². The summed E-state index contributed by atoms with van der Waals surface area (Å²) in [6.45, 7) is 0.0468. The van der Waals surface area contributed by atoms with E-state index in [4.69, 9.17) is 0 Å². The van der Waals surface area contributed by atoms with Crippen molar-refractivity contribution in [2.75, 3.05) is 36.2 Å². The second-order valence-corrected chi connectivity index (χ2v) is 8.22. The minimum absolute atomic E-state index is 0.0468. The van der Waals surface area contributed by atoms with Crippen molar-refractivity contribution in [2.24, 2.45) is 4.99 Å². The van der Waals surface area contributed by atoms with Crippen molar-refractivity contribution >= 4 is 45.5 Å². The lowest BCUT2D eigenvalue weighted by atomic mass is 9.96. The Morgan fingerprint density at radius 3 is 2.56 bits per heavy atom. The molecule has 168 valence electrons. The molecule has 1 aliphatic rings. The third kappa shape index (κ3) is 3.99. The fourth-order valence-corrected chi connectivity index (χ4v) is 4.11. The lowest BCUT2D eigenvalue weighted by Crippen LogP contribution is -2.19. The highest BCUT2D eigenvalue weighted by atomic mass is 16.2. The average molecular weight is 450 g/mol. The number of fused-ring (bicyclic) bond motifs is 3. The Hall–Kier alpha value is -4.52. The molecule has 1 aromatic heterocycles. The number of aromatic nitrogens is 1. The van der Waals surface area contributed by atoms with Gasteiger partial charge in [-0.1, -0.05) is 48.5 Å². The molecule has 0 atom stereocenters. The van der Waals surface area contributed by atoms with Crippen molar-refractivity contribution in [2.45, 2.75) is 0 Å². The number of pyridine rings is 1. The summed E-state index contributed by atoms with van der Waals surface area (Å²) < 4.78 is 0. The summed E-state index contributed by atoms with van der Waals surface area (Å²) in [4.78, 5) is 35.9. The van der Waals surface area contributed by atoms with Crippen LogP contribution < -0.4 is 15.5 Å². The summed E-state index contributed by atoms with van der Waals surface area (Å²) in [5.74, 6) is 0.220. The minimum Gasteiger partial charge on any atom is -0.362 e. The summed E-state index contributed by atoms with van der Waals surface area (Å²) in [6, 6.07) is 22.9. The van der Waals surface area contributed by atoms with Gasteiger partial charge in [0, 0.05) is 42.5 Å². The number of carbonyl (C=O) groups excluding carboxylic acids is 2. The van der Waals surface area contributed by atoms with Crippen LogP contribution in [0, 0.1) is 0 Å². The fourth-order valence-electron chi connectivity index (χ4n) is 4.11. The van der Waals surface area contributed by atoms with Gasteiger partial charge in [-0.3, -0.25) is 14.6 Å². The van der Waals surface area contributed by atoms with Crippen LogP contribution in [0.2, 0.25) is 0 Å². The molecule has 0 aliphatic carbocycles. The third-order valence-electron chi connectivity index (χ3n) is 5.70. The van der Waals surface area contributed by atoms with Crippen molar-refractivity contribution < 1.29 is 9.59 Å². The van der Waals surface area contributed by atoms with E-state index < -0.39 is 0 Å². The first-order chi connectivity index (χ1) is 16.5. The third-order valence-corrected chi connectivity index (χ3v) is 5.70. The number of anilines is 3. The summed E-state index contributed by atoms with van der Waals surface area (Å²) in [5.41, 5.74) is 4.39. The van der Waals surface area contributed by atoms with Crippen LogP contribution in [0.25, 0.3) is 10.8 Å². The number of hydrogen-bond donors (Lipinski definition) is 2. The first kappa shape index (κ1) is 21.3. The smallest absolute Gasteiger partial charge is 0.259 e. The molecular weight excluding hydrogens is 426 g/mol. The Morgan fingerprint density at radius 1 is 0.971 bits per heavy atom. The van der Waals surface area contributed by atoms with Gasteiger partial charge in [0.1, 0.15) is 12.4 Å². The van der Waals surface area contributed by atoms with Gasteiger partial charge in [0.05, 0.1) is 17.0 Å². The van der Waals surface area contributed by atoms with Crippen molar-refractivity contribution in [3.8, 4) is 0 Å². The molecule has 2 amide bonds. The number of aliphatic imine (C=N–C) groups is 1. The first-order valence-corrected chi connectivity index (χ1v) is 10.9. The van der Waals surface area contributed by atoms with E-state index >= 15 is 0 Å². The summed E-state index contributed by atoms with van der Waals surface area (Å²) in [5, 5.41) is 7.97. The van der Waals surface area contributed by atoms with Crippen LogP contribution in [0.15, 0.2) is 84.0 Å². The van der Waals surface area contributed by atoms with E-state index in [0.29, 0.717) is 17.1 Å². The van der Waals surface area contributed by atoms with Gasteiger partial charge in [0.2, 0.25) is 5.91 Å². The molecule has 0 fully saturated rings. The van der Waals surface area contributed by atoms with Crippen LogP contribution in [0.3, 0.4) is 0 Å². The standard InChI is InChI=1S/C27H23N5O2/c1-32(2)26-22(8-5-15-28-26)27(34)30-19-12-9-18(10-13-19)24-21-14-11-17-6-3-4-7-20(17)25(21)31-23(33)16-29-24/h3-15H,16H2,1-2H3,(H,30,34)(H,31,33). The lowest BCUT2D eigenvalue weighted by Gasteiger charge is -2.16. The second kappa shape index (κ2) is 8.78. The van der Waals surface area contributed by atoms with Crippen molar-refractivity contribution in [3.63, 3.8) is 0 Å². The van der Waals surface area contributed by atoms with E-state index in [2.05, 4.69) is 20.6 Å². The predicted octanol–water partition coefficient (Wildman–Crippen LogP) is 4.34. The Morgan fingerprint density at radius 2 is 1.76 bits per heavy atom. The number of carbonyl (C=O) groups is 2. The monoisotopic (exact) mass is 449 g/mol. The highest BCUT2D eigenvalue weighted by Crippen LogP contribution is 2.31. The van der Waals surface area contributed by atoms with Gasteiger partial charge in [-0.15, -0.1) is 0 Å². The number of nitrogens with zero attached hydrogens (tertiary/aromatic N) is 3. The maximum atomic E-state index is 12.8. The van der Waals surface area contributed by atoms with Crippen molar-refractivity contribution in [1.82, 2.24) is 4.98 Å². The summed E-state index contributed by atoms with van der Waals surface area (Å²) in [7, 11) is 3.70. The Balaban J connectivity index is 1.46.